The van der Waals surface area contributed by atoms with Gasteiger partial charge in [-0.2, -0.15) is 0 Å². The van der Waals surface area contributed by atoms with Gasteiger partial charge in [-0.3, -0.25) is 0 Å². The molecule has 0 rings (SSSR count). The molecule has 0 amide bonds. The molecule has 0 aromatic rings. The normalized spacial score (nSPS) is 0. The maximum atomic E-state index is 0. The van der Waals surface area contributed by atoms with Crippen LogP contribution in [0.15, 0.2) is 0 Å². The van der Waals surface area contributed by atoms with Crippen molar-refractivity contribution in [3.05, 3.63) is 0 Å². The van der Waals surface area contributed by atoms with E-state index in [2.05, 4.69) is 0 Å². The number of hydrogen-bond acceptors (Lipinski definition) is 4. The smallest absolute Gasteiger partial charge is 0.870 e. The van der Waals surface area contributed by atoms with Crippen molar-refractivity contribution in [2.45, 2.75) is 0 Å². The van der Waals surface area contributed by atoms with Gasteiger partial charge in [0.15, 0.2) is 0 Å². The standard InChI is InChI=1S/Mg.2Na.4H2O/h;;;4*1H2/q+2;2*+1;;;;/p-4. The van der Waals surface area contributed by atoms with Crippen LogP contribution in [0.5, 0.6) is 0 Å². The van der Waals surface area contributed by atoms with Crippen LogP contribution < -0.4 is 59.1 Å². The Bertz CT molecular complexity index is 9.65. The molecule has 0 saturated heterocycles. The molecular formula is H4MgNa2O4. The maximum absolute atomic E-state index is 0. The fraction of sp³-hybridized carbons (Fsp3) is 0. The largest absolute Gasteiger partial charge is 2.00 e. The van der Waals surface area contributed by atoms with Gasteiger partial charge in [-0.15, -0.1) is 0 Å². The summed E-state index contributed by atoms with van der Waals surface area (Å²) in [5.74, 6) is 0. The van der Waals surface area contributed by atoms with Crippen molar-refractivity contribution in [1.82, 2.24) is 0 Å². The SMILES string of the molecule is [Mg+2].[Na+].[Na+].[OH-].[OH-].[OH-].[OH-]. The molecule has 0 fully saturated rings. The van der Waals surface area contributed by atoms with E-state index in [9.17, 15) is 0 Å². The summed E-state index contributed by atoms with van der Waals surface area (Å²) in [6, 6.07) is 0. The van der Waals surface area contributed by atoms with Crippen molar-refractivity contribution in [3.8, 4) is 0 Å². The van der Waals surface area contributed by atoms with Crippen molar-refractivity contribution in [2.75, 3.05) is 0 Å². The molecule has 0 unspecified atom stereocenters. The van der Waals surface area contributed by atoms with E-state index in [1.807, 2.05) is 0 Å². The Morgan fingerprint density at radius 2 is 0.429 bits per heavy atom. The van der Waals surface area contributed by atoms with Gasteiger partial charge >= 0.3 is 82.2 Å². The summed E-state index contributed by atoms with van der Waals surface area (Å²) in [4.78, 5) is 0. The molecule has 0 radical (unpaired) electrons. The molecule has 7 heteroatoms. The minimum Gasteiger partial charge on any atom is -0.870 e. The summed E-state index contributed by atoms with van der Waals surface area (Å²) in [7, 11) is 0. The summed E-state index contributed by atoms with van der Waals surface area (Å²) < 4.78 is 0. The first kappa shape index (κ1) is 105. The first-order valence-corrected chi connectivity index (χ1v) is 0. The van der Waals surface area contributed by atoms with E-state index in [4.69, 9.17) is 0 Å². The van der Waals surface area contributed by atoms with Gasteiger partial charge in [0.2, 0.25) is 0 Å². The van der Waals surface area contributed by atoms with Crippen LogP contribution in [0.1, 0.15) is 0 Å². The average Bonchev–Trinajstić information content (AvgIpc) is 0. The Morgan fingerprint density at radius 1 is 0.429 bits per heavy atom. The number of rotatable bonds is 0. The zero-order valence-electron chi connectivity index (χ0n) is 4.50. The second-order valence-electron chi connectivity index (χ2n) is 0. The van der Waals surface area contributed by atoms with Gasteiger partial charge in [-0.05, 0) is 0 Å². The molecule has 0 atom stereocenters. The van der Waals surface area contributed by atoms with E-state index in [0.29, 0.717) is 0 Å². The zero-order chi connectivity index (χ0) is 0. The van der Waals surface area contributed by atoms with Gasteiger partial charge in [0.1, 0.15) is 0 Å². The molecule has 4 nitrogen and oxygen atoms in total. The van der Waals surface area contributed by atoms with E-state index >= 15 is 0 Å². The molecule has 0 aliphatic carbocycles. The molecule has 7 heavy (non-hydrogen) atoms. The maximum Gasteiger partial charge on any atom is 2.00 e. The third-order valence-corrected chi connectivity index (χ3v) is 0. The third-order valence-electron chi connectivity index (χ3n) is 0. The van der Waals surface area contributed by atoms with Crippen molar-refractivity contribution < 1.29 is 81.0 Å². The van der Waals surface area contributed by atoms with E-state index in [-0.39, 0.29) is 104 Å². The summed E-state index contributed by atoms with van der Waals surface area (Å²) >= 11 is 0. The van der Waals surface area contributed by atoms with Crippen LogP contribution in [0.3, 0.4) is 0 Å². The first-order valence-electron chi connectivity index (χ1n) is 0. The van der Waals surface area contributed by atoms with Gasteiger partial charge in [0, 0.05) is 0 Å². The van der Waals surface area contributed by atoms with Gasteiger partial charge in [0.05, 0.1) is 0 Å². The Morgan fingerprint density at radius 3 is 0.429 bits per heavy atom. The van der Waals surface area contributed by atoms with E-state index in [1.54, 1.807) is 0 Å². The Labute approximate surface area is 102 Å². The monoisotopic (exact) mass is 138 g/mol. The minimum absolute atomic E-state index is 0. The van der Waals surface area contributed by atoms with E-state index < -0.39 is 0 Å². The summed E-state index contributed by atoms with van der Waals surface area (Å²) in [6.45, 7) is 0. The minimum atomic E-state index is 0. The average molecular weight is 138 g/mol. The first-order chi connectivity index (χ1) is 0. The van der Waals surface area contributed by atoms with Crippen LogP contribution in [0, 0.1) is 0 Å². The van der Waals surface area contributed by atoms with Crippen molar-refractivity contribution in [3.63, 3.8) is 0 Å². The van der Waals surface area contributed by atoms with Crippen molar-refractivity contribution >= 4 is 23.1 Å². The summed E-state index contributed by atoms with van der Waals surface area (Å²) in [6.07, 6.45) is 0. The summed E-state index contributed by atoms with van der Waals surface area (Å²) in [5.41, 5.74) is 0. The van der Waals surface area contributed by atoms with Gasteiger partial charge in [-0.1, -0.05) is 0 Å². The Kier molecular flexibility index (Phi) is 1100. The predicted molar refractivity (Wildman–Crippen MR) is 13.5 cm³/mol. The van der Waals surface area contributed by atoms with E-state index in [0.717, 1.165) is 0 Å². The van der Waals surface area contributed by atoms with Gasteiger partial charge < -0.3 is 21.9 Å². The van der Waals surface area contributed by atoms with Crippen LogP contribution in [0.2, 0.25) is 0 Å². The molecule has 0 aromatic carbocycles. The van der Waals surface area contributed by atoms with E-state index in [1.165, 1.54) is 0 Å². The fourth-order valence-electron chi connectivity index (χ4n) is 0. The Hall–Kier alpha value is 2.61. The third kappa shape index (κ3) is 55.3. The number of hydrogen-bond donors (Lipinski definition) is 0. The van der Waals surface area contributed by atoms with Crippen LogP contribution in [0.4, 0.5) is 0 Å². The molecule has 0 aliphatic heterocycles. The fourth-order valence-corrected chi connectivity index (χ4v) is 0. The van der Waals surface area contributed by atoms with Crippen LogP contribution in [0.25, 0.3) is 0 Å². The second kappa shape index (κ2) is 73.3. The topological polar surface area (TPSA) is 120 Å². The molecule has 4 N–H and O–H groups in total. The molecule has 0 aromatic heterocycles. The molecule has 0 aliphatic rings. The Balaban J connectivity index is 0. The molecule has 0 saturated carbocycles. The zero-order valence-corrected chi connectivity index (χ0v) is 9.91. The molecular weight excluding hydrogens is 134 g/mol. The van der Waals surface area contributed by atoms with Crippen molar-refractivity contribution in [1.29, 1.82) is 0 Å². The summed E-state index contributed by atoms with van der Waals surface area (Å²) in [5, 5.41) is 0. The van der Waals surface area contributed by atoms with Crippen LogP contribution >= 0.6 is 0 Å². The molecule has 0 spiro atoms. The van der Waals surface area contributed by atoms with Crippen LogP contribution in [-0.2, 0) is 0 Å². The van der Waals surface area contributed by atoms with Gasteiger partial charge in [0.25, 0.3) is 0 Å². The van der Waals surface area contributed by atoms with Crippen LogP contribution in [-0.4, -0.2) is 45.0 Å². The van der Waals surface area contributed by atoms with Gasteiger partial charge in [-0.25, -0.2) is 0 Å². The second-order valence-corrected chi connectivity index (χ2v) is 0. The predicted octanol–water partition coefficient (Wildman–Crippen LogP) is -7.08. The van der Waals surface area contributed by atoms with Crippen molar-refractivity contribution in [2.24, 2.45) is 0 Å². The molecule has 32 valence electrons. The quantitative estimate of drug-likeness (QED) is 0.309. The molecule has 0 heterocycles. The molecule has 0 bridgehead atoms.